The minimum Gasteiger partial charge on any atom is -0.455 e. The van der Waals surface area contributed by atoms with Gasteiger partial charge in [-0.3, -0.25) is 9.55 Å². The third-order valence-corrected chi connectivity index (χ3v) is 10.9. The molecule has 0 saturated carbocycles. The van der Waals surface area contributed by atoms with Gasteiger partial charge in [0.15, 0.2) is 0 Å². The maximum atomic E-state index is 6.92. The lowest BCUT2D eigenvalue weighted by Crippen LogP contribution is -2.16. The van der Waals surface area contributed by atoms with Crippen LogP contribution in [-0.2, 0) is 10.8 Å². The van der Waals surface area contributed by atoms with Crippen LogP contribution in [0, 0.1) is 0 Å². The zero-order valence-electron chi connectivity index (χ0n) is 33.4. The van der Waals surface area contributed by atoms with E-state index < -0.39 is 0 Å². The van der Waals surface area contributed by atoms with E-state index in [1.807, 2.05) is 6.20 Å². The van der Waals surface area contributed by atoms with Crippen molar-refractivity contribution in [2.24, 2.45) is 0 Å². The summed E-state index contributed by atoms with van der Waals surface area (Å²) in [7, 11) is 0. The van der Waals surface area contributed by atoms with Gasteiger partial charge in [0, 0.05) is 28.6 Å². The minimum atomic E-state index is 0.00652. The molecule has 0 unspecified atom stereocenters. The molecule has 5 aromatic carbocycles. The topological polar surface area (TPSA) is 43.9 Å². The molecule has 0 aliphatic carbocycles. The predicted octanol–water partition coefficient (Wildman–Crippen LogP) is 14.2. The van der Waals surface area contributed by atoms with Crippen LogP contribution in [0.5, 0.6) is 0 Å². The number of fused-ring (bicyclic) bond motifs is 4. The van der Waals surface area contributed by atoms with Crippen molar-refractivity contribution in [3.63, 3.8) is 0 Å². The number of furan rings is 1. The Morgan fingerprint density at radius 3 is 1.85 bits per heavy atom. The van der Waals surface area contributed by atoms with E-state index >= 15 is 0 Å². The van der Waals surface area contributed by atoms with Crippen LogP contribution in [0.2, 0.25) is 0 Å². The Bertz CT molecular complexity index is 2610. The van der Waals surface area contributed by atoms with Gasteiger partial charge in [-0.2, -0.15) is 0 Å². The van der Waals surface area contributed by atoms with Gasteiger partial charge in [0.25, 0.3) is 0 Å². The van der Waals surface area contributed by atoms with Gasteiger partial charge in [0.2, 0.25) is 0 Å². The van der Waals surface area contributed by atoms with E-state index in [4.69, 9.17) is 14.4 Å². The van der Waals surface area contributed by atoms with Gasteiger partial charge in [0.1, 0.15) is 17.0 Å². The highest BCUT2D eigenvalue weighted by Crippen LogP contribution is 2.43. The summed E-state index contributed by atoms with van der Waals surface area (Å²) in [6.45, 7) is 22.8. The molecule has 0 radical (unpaired) electrons. The first kappa shape index (κ1) is 35.5. The van der Waals surface area contributed by atoms with Crippen LogP contribution in [0.3, 0.4) is 0 Å². The molecule has 0 spiro atoms. The number of pyridine rings is 1. The van der Waals surface area contributed by atoms with Crippen molar-refractivity contribution < 1.29 is 4.42 Å². The van der Waals surface area contributed by atoms with Crippen molar-refractivity contribution in [2.45, 2.75) is 91.9 Å². The molecule has 3 heterocycles. The van der Waals surface area contributed by atoms with Crippen molar-refractivity contribution in [2.75, 3.05) is 0 Å². The molecule has 0 atom stereocenters. The number of imidazole rings is 1. The van der Waals surface area contributed by atoms with Crippen molar-refractivity contribution >= 4 is 33.0 Å². The number of para-hydroxylation sites is 3. The maximum Gasteiger partial charge on any atom is 0.149 e. The molecule has 0 aliphatic heterocycles. The fourth-order valence-corrected chi connectivity index (χ4v) is 7.72. The number of nitrogens with zero attached hydrogens (tertiary/aromatic N) is 3. The molecule has 8 rings (SSSR count). The lowest BCUT2D eigenvalue weighted by atomic mass is 9.79. The third-order valence-electron chi connectivity index (χ3n) is 10.9. The van der Waals surface area contributed by atoms with Crippen LogP contribution in [0.25, 0.3) is 72.4 Å². The number of benzene rings is 5. The number of aromatic nitrogens is 3. The molecule has 8 aromatic rings. The molecule has 3 aromatic heterocycles. The summed E-state index contributed by atoms with van der Waals surface area (Å²) in [4.78, 5) is 10.4. The first-order chi connectivity index (χ1) is 25.7. The van der Waals surface area contributed by atoms with E-state index in [-0.39, 0.29) is 22.7 Å². The van der Waals surface area contributed by atoms with Gasteiger partial charge >= 0.3 is 0 Å². The van der Waals surface area contributed by atoms with Gasteiger partial charge in [0.05, 0.1) is 28.0 Å². The summed E-state index contributed by atoms with van der Waals surface area (Å²) < 4.78 is 9.32. The summed E-state index contributed by atoms with van der Waals surface area (Å²) in [5.74, 6) is 1.42. The van der Waals surface area contributed by atoms with Crippen LogP contribution in [0.15, 0.2) is 120 Å². The first-order valence-electron chi connectivity index (χ1n) is 19.4. The second-order valence-electron chi connectivity index (χ2n) is 17.6. The van der Waals surface area contributed by atoms with Crippen LogP contribution in [-0.4, -0.2) is 14.5 Å². The van der Waals surface area contributed by atoms with Crippen molar-refractivity contribution in [3.8, 4) is 39.5 Å². The zero-order chi connectivity index (χ0) is 38.1. The van der Waals surface area contributed by atoms with Crippen LogP contribution < -0.4 is 0 Å². The van der Waals surface area contributed by atoms with E-state index in [0.717, 1.165) is 55.6 Å². The van der Waals surface area contributed by atoms with Gasteiger partial charge < -0.3 is 4.42 Å². The van der Waals surface area contributed by atoms with E-state index in [0.29, 0.717) is 0 Å². The number of rotatable bonds is 6. The average Bonchev–Trinajstić information content (AvgIpc) is 3.72. The predicted molar refractivity (Wildman–Crippen MR) is 228 cm³/mol. The number of hydrogen-bond donors (Lipinski definition) is 0. The molecular formula is C50H51N3O. The van der Waals surface area contributed by atoms with Crippen LogP contribution >= 0.6 is 0 Å². The Balaban J connectivity index is 1.37. The Morgan fingerprint density at radius 1 is 0.593 bits per heavy atom. The summed E-state index contributed by atoms with van der Waals surface area (Å²) in [5, 5.41) is 2.03. The Morgan fingerprint density at radius 2 is 1.22 bits per heavy atom. The quantitative estimate of drug-likeness (QED) is 0.173. The standard InChI is InChI=1S/C50H51N3O/c1-30(2)39-25-33(32-17-12-11-13-18-32)26-40(31(3)4)46(39)53-44-22-15-14-21-42(44)52-48(53)38-20-16-19-37-41-29-51-43(28-45(41)54-47(37)38)34-23-35(49(5,6)7)27-36(24-34)50(8,9)10/h11-31H,1-10H3. The smallest absolute Gasteiger partial charge is 0.149 e. The molecule has 4 heteroatoms. The summed E-state index contributed by atoms with van der Waals surface area (Å²) in [5.41, 5.74) is 15.5. The van der Waals surface area contributed by atoms with Gasteiger partial charge in [-0.1, -0.05) is 130 Å². The molecule has 4 nitrogen and oxygen atoms in total. The normalized spacial score (nSPS) is 12.6. The average molecular weight is 710 g/mol. The maximum absolute atomic E-state index is 6.92. The van der Waals surface area contributed by atoms with Crippen LogP contribution in [0.1, 0.15) is 103 Å². The lowest BCUT2D eigenvalue weighted by molar-refractivity contribution is 0.569. The molecule has 272 valence electrons. The minimum absolute atomic E-state index is 0.00652. The van der Waals surface area contributed by atoms with E-state index in [1.54, 1.807) is 0 Å². The van der Waals surface area contributed by atoms with E-state index in [1.165, 1.54) is 39.1 Å². The molecule has 0 amide bonds. The highest BCUT2D eigenvalue weighted by atomic mass is 16.3. The summed E-state index contributed by atoms with van der Waals surface area (Å²) >= 11 is 0. The molecule has 0 saturated heterocycles. The summed E-state index contributed by atoms with van der Waals surface area (Å²) in [6.07, 6.45) is 1.99. The molecule has 0 aliphatic rings. The largest absolute Gasteiger partial charge is 0.455 e. The SMILES string of the molecule is CC(C)c1cc(-c2ccccc2)cc(C(C)C)c1-n1c(-c2cccc3c2oc2cc(-c4cc(C(C)(C)C)cc(C(C)(C)C)c4)ncc23)nc2ccccc21. The van der Waals surface area contributed by atoms with Gasteiger partial charge in [-0.15, -0.1) is 0 Å². The zero-order valence-corrected chi connectivity index (χ0v) is 33.4. The molecule has 0 N–H and O–H groups in total. The fraction of sp³-hybridized carbons (Fsp3) is 0.280. The molecular weight excluding hydrogens is 659 g/mol. The van der Waals surface area contributed by atoms with Crippen molar-refractivity contribution in [3.05, 3.63) is 138 Å². The van der Waals surface area contributed by atoms with E-state index in [9.17, 15) is 0 Å². The van der Waals surface area contributed by atoms with Gasteiger partial charge in [-0.05, 0) is 98.5 Å². The van der Waals surface area contributed by atoms with Gasteiger partial charge in [-0.25, -0.2) is 4.98 Å². The van der Waals surface area contributed by atoms with E-state index in [2.05, 4.69) is 183 Å². The van der Waals surface area contributed by atoms with Crippen molar-refractivity contribution in [1.29, 1.82) is 0 Å². The second kappa shape index (κ2) is 13.1. The Hall–Kier alpha value is -5.48. The molecule has 54 heavy (non-hydrogen) atoms. The van der Waals surface area contributed by atoms with Crippen LogP contribution in [0.4, 0.5) is 0 Å². The monoisotopic (exact) mass is 709 g/mol. The highest BCUT2D eigenvalue weighted by molar-refractivity contribution is 6.10. The Kier molecular flexibility index (Phi) is 8.64. The third kappa shape index (κ3) is 6.22. The first-order valence-corrected chi connectivity index (χ1v) is 19.4. The molecule has 0 fully saturated rings. The number of hydrogen-bond acceptors (Lipinski definition) is 3. The summed E-state index contributed by atoms with van der Waals surface area (Å²) in [6, 6.07) is 39.5. The Labute approximate surface area is 319 Å². The van der Waals surface area contributed by atoms with Crippen molar-refractivity contribution in [1.82, 2.24) is 14.5 Å². The molecule has 0 bridgehead atoms. The lowest BCUT2D eigenvalue weighted by Gasteiger charge is -2.26. The highest BCUT2D eigenvalue weighted by Gasteiger charge is 2.26. The fourth-order valence-electron chi connectivity index (χ4n) is 7.72. The second-order valence-corrected chi connectivity index (χ2v) is 17.6.